The number of aromatic nitrogens is 5. The number of fused-ring (bicyclic) bond motifs is 1. The first-order valence-corrected chi connectivity index (χ1v) is 12.3. The van der Waals surface area contributed by atoms with Gasteiger partial charge in [0.15, 0.2) is 0 Å². The summed E-state index contributed by atoms with van der Waals surface area (Å²) in [6, 6.07) is 11.6. The van der Waals surface area contributed by atoms with Crippen LogP contribution in [-0.4, -0.2) is 73.0 Å². The second-order valence-corrected chi connectivity index (χ2v) is 9.29. The van der Waals surface area contributed by atoms with Crippen LogP contribution in [0.3, 0.4) is 0 Å². The Kier molecular flexibility index (Phi) is 6.98. The number of carbonyl (C=O) groups is 1. The van der Waals surface area contributed by atoms with Crippen molar-refractivity contribution in [3.63, 3.8) is 0 Å². The second kappa shape index (κ2) is 10.4. The Morgan fingerprint density at radius 2 is 1.82 bits per heavy atom. The van der Waals surface area contributed by atoms with Crippen LogP contribution < -0.4 is 5.32 Å². The summed E-state index contributed by atoms with van der Waals surface area (Å²) in [5, 5.41) is 3.22. The van der Waals surface area contributed by atoms with E-state index in [9.17, 15) is 18.0 Å². The summed E-state index contributed by atoms with van der Waals surface area (Å²) in [6.45, 7) is 5.41. The molecule has 4 aromatic rings. The number of piperazine rings is 1. The summed E-state index contributed by atoms with van der Waals surface area (Å²) >= 11 is 0. The lowest BCUT2D eigenvalue weighted by atomic mass is 10.1. The van der Waals surface area contributed by atoms with Crippen molar-refractivity contribution >= 4 is 28.7 Å². The molecule has 1 aliphatic rings. The fourth-order valence-electron chi connectivity index (χ4n) is 4.59. The fourth-order valence-corrected chi connectivity index (χ4v) is 4.59. The molecule has 1 atom stereocenters. The Morgan fingerprint density at radius 1 is 1.05 bits per heavy atom. The first-order valence-electron chi connectivity index (χ1n) is 12.3. The Morgan fingerprint density at radius 3 is 2.55 bits per heavy atom. The quantitative estimate of drug-likeness (QED) is 0.379. The number of amides is 1. The topological polar surface area (TPSA) is 103 Å². The lowest BCUT2D eigenvalue weighted by Gasteiger charge is -2.38. The number of aromatic amines is 1. The molecule has 1 amide bonds. The van der Waals surface area contributed by atoms with Gasteiger partial charge in [-0.3, -0.25) is 9.69 Å². The Hall–Kier alpha value is -4.06. The summed E-state index contributed by atoms with van der Waals surface area (Å²) in [7, 11) is 0. The Bertz CT molecular complexity index is 1450. The molecule has 38 heavy (non-hydrogen) atoms. The number of aryl methyl sites for hydroxylation is 1. The van der Waals surface area contributed by atoms with E-state index < -0.39 is 18.5 Å². The zero-order chi connectivity index (χ0) is 26.9. The third-order valence-corrected chi connectivity index (χ3v) is 6.63. The molecule has 0 spiro atoms. The van der Waals surface area contributed by atoms with Crippen LogP contribution in [0.25, 0.3) is 22.3 Å². The van der Waals surface area contributed by atoms with Crippen LogP contribution in [0.1, 0.15) is 30.8 Å². The van der Waals surface area contributed by atoms with E-state index in [4.69, 9.17) is 0 Å². The number of imidazole rings is 1. The van der Waals surface area contributed by atoms with Crippen molar-refractivity contribution in [1.82, 2.24) is 34.7 Å². The predicted molar refractivity (Wildman–Crippen MR) is 137 cm³/mol. The molecule has 0 saturated carbocycles. The standard InChI is InChI=1S/C26H27F3N8O/c1-16(36-9-11-37(12-10-36)24(38)15-26(27,28)29)18-5-7-31-23(14-18)35-25-33-21-4-3-19(13-22(21)34-25)20-6-8-30-17(2)32-20/h3-8,13-14,16H,9-12,15H2,1-2H3,(H2,31,33,34,35)/t16-/m1/s1. The van der Waals surface area contributed by atoms with Gasteiger partial charge in [0.2, 0.25) is 11.9 Å². The lowest BCUT2D eigenvalue weighted by molar-refractivity contribution is -0.162. The van der Waals surface area contributed by atoms with Gasteiger partial charge < -0.3 is 15.2 Å². The molecule has 4 heterocycles. The van der Waals surface area contributed by atoms with E-state index in [1.165, 1.54) is 4.90 Å². The van der Waals surface area contributed by atoms with Gasteiger partial charge in [-0.2, -0.15) is 13.2 Å². The number of alkyl halides is 3. The van der Waals surface area contributed by atoms with E-state index in [2.05, 4.69) is 35.1 Å². The highest BCUT2D eigenvalue weighted by atomic mass is 19.4. The second-order valence-electron chi connectivity index (χ2n) is 9.29. The summed E-state index contributed by atoms with van der Waals surface area (Å²) in [5.41, 5.74) is 4.42. The van der Waals surface area contributed by atoms with Crippen LogP contribution in [0.15, 0.2) is 48.8 Å². The highest BCUT2D eigenvalue weighted by Gasteiger charge is 2.35. The molecule has 12 heteroatoms. The van der Waals surface area contributed by atoms with Crippen molar-refractivity contribution < 1.29 is 18.0 Å². The van der Waals surface area contributed by atoms with Gasteiger partial charge in [-0.1, -0.05) is 6.07 Å². The van der Waals surface area contributed by atoms with Crippen LogP contribution in [-0.2, 0) is 4.79 Å². The van der Waals surface area contributed by atoms with Crippen molar-refractivity contribution in [3.05, 3.63) is 60.2 Å². The molecule has 0 bridgehead atoms. The molecule has 0 unspecified atom stereocenters. The van der Waals surface area contributed by atoms with Gasteiger partial charge in [0.05, 0.1) is 16.7 Å². The minimum Gasteiger partial charge on any atom is -0.340 e. The van der Waals surface area contributed by atoms with E-state index >= 15 is 0 Å². The smallest absolute Gasteiger partial charge is 0.340 e. The highest BCUT2D eigenvalue weighted by molar-refractivity contribution is 5.83. The molecule has 1 aromatic carbocycles. The number of carbonyl (C=O) groups excluding carboxylic acids is 1. The van der Waals surface area contributed by atoms with E-state index in [0.717, 1.165) is 27.9 Å². The largest absolute Gasteiger partial charge is 0.397 e. The molecular weight excluding hydrogens is 497 g/mol. The van der Waals surface area contributed by atoms with E-state index in [1.807, 2.05) is 50.2 Å². The van der Waals surface area contributed by atoms with Gasteiger partial charge >= 0.3 is 6.18 Å². The molecule has 198 valence electrons. The third-order valence-electron chi connectivity index (χ3n) is 6.63. The molecule has 2 N–H and O–H groups in total. The molecule has 1 aliphatic heterocycles. The molecule has 9 nitrogen and oxygen atoms in total. The number of benzene rings is 1. The molecule has 0 radical (unpaired) electrons. The SMILES string of the molecule is Cc1nccc(-c2ccc3nc(Nc4cc([C@@H](C)N5CCN(C(=O)CC(F)(F)F)CC5)ccn4)[nH]c3c2)n1. The van der Waals surface area contributed by atoms with Gasteiger partial charge in [0.1, 0.15) is 18.1 Å². The van der Waals surface area contributed by atoms with E-state index in [1.54, 1.807) is 12.4 Å². The summed E-state index contributed by atoms with van der Waals surface area (Å²) in [4.78, 5) is 36.3. The Labute approximate surface area is 217 Å². The number of nitrogens with zero attached hydrogens (tertiary/aromatic N) is 6. The van der Waals surface area contributed by atoms with Crippen LogP contribution >= 0.6 is 0 Å². The number of H-pyrrole nitrogens is 1. The number of hydrogen-bond donors (Lipinski definition) is 2. The lowest BCUT2D eigenvalue weighted by Crippen LogP contribution is -2.50. The van der Waals surface area contributed by atoms with E-state index in [0.29, 0.717) is 30.7 Å². The minimum absolute atomic E-state index is 0.00651. The van der Waals surface area contributed by atoms with Crippen LogP contribution in [0, 0.1) is 6.92 Å². The van der Waals surface area contributed by atoms with Gasteiger partial charge in [-0.25, -0.2) is 19.9 Å². The minimum atomic E-state index is -4.49. The van der Waals surface area contributed by atoms with Crippen molar-refractivity contribution in [2.45, 2.75) is 32.5 Å². The predicted octanol–water partition coefficient (Wildman–Crippen LogP) is 4.62. The fraction of sp³-hybridized carbons (Fsp3) is 0.346. The van der Waals surface area contributed by atoms with E-state index in [-0.39, 0.29) is 19.1 Å². The van der Waals surface area contributed by atoms with Crippen LogP contribution in [0.5, 0.6) is 0 Å². The zero-order valence-electron chi connectivity index (χ0n) is 21.0. The summed E-state index contributed by atoms with van der Waals surface area (Å²) in [5.74, 6) is 0.987. The number of anilines is 2. The van der Waals surface area contributed by atoms with Crippen LogP contribution in [0.4, 0.5) is 24.9 Å². The normalized spacial score (nSPS) is 15.6. The first kappa shape index (κ1) is 25.6. The van der Waals surface area contributed by atoms with Crippen molar-refractivity contribution in [1.29, 1.82) is 0 Å². The zero-order valence-corrected chi connectivity index (χ0v) is 21.0. The molecule has 5 rings (SSSR count). The maximum atomic E-state index is 12.6. The number of nitrogens with one attached hydrogen (secondary N) is 2. The molecule has 1 saturated heterocycles. The summed E-state index contributed by atoms with van der Waals surface area (Å²) in [6.07, 6.45) is -2.46. The number of hydrogen-bond acceptors (Lipinski definition) is 7. The average Bonchev–Trinajstić information content (AvgIpc) is 3.29. The molecular formula is C26H27F3N8O. The van der Waals surface area contributed by atoms with Crippen molar-refractivity contribution in [3.8, 4) is 11.3 Å². The van der Waals surface area contributed by atoms with Crippen molar-refractivity contribution in [2.75, 3.05) is 31.5 Å². The third kappa shape index (κ3) is 5.91. The average molecular weight is 525 g/mol. The highest BCUT2D eigenvalue weighted by Crippen LogP contribution is 2.27. The van der Waals surface area contributed by atoms with Crippen LogP contribution in [0.2, 0.25) is 0 Å². The maximum absolute atomic E-state index is 12.6. The van der Waals surface area contributed by atoms with Gasteiger partial charge in [-0.05, 0) is 49.7 Å². The summed E-state index contributed by atoms with van der Waals surface area (Å²) < 4.78 is 37.7. The maximum Gasteiger partial charge on any atom is 0.397 e. The van der Waals surface area contributed by atoms with Gasteiger partial charge in [-0.15, -0.1) is 0 Å². The van der Waals surface area contributed by atoms with Gasteiger partial charge in [0, 0.05) is 50.2 Å². The molecule has 0 aliphatic carbocycles. The molecule has 1 fully saturated rings. The number of halogens is 3. The molecule has 3 aromatic heterocycles. The Balaban J connectivity index is 1.24. The first-order chi connectivity index (χ1) is 18.1. The monoisotopic (exact) mass is 524 g/mol. The van der Waals surface area contributed by atoms with Crippen molar-refractivity contribution in [2.24, 2.45) is 0 Å². The number of pyridine rings is 1. The number of rotatable bonds is 6. The van der Waals surface area contributed by atoms with Gasteiger partial charge in [0.25, 0.3) is 0 Å².